The normalized spacial score (nSPS) is 10.5. The third kappa shape index (κ3) is 3.13. The molecule has 0 amide bonds. The number of aromatic nitrogens is 3. The molecule has 0 saturated carbocycles. The van der Waals surface area contributed by atoms with Crippen LogP contribution in [0.2, 0.25) is 0 Å². The number of anilines is 1. The van der Waals surface area contributed by atoms with Gasteiger partial charge in [-0.1, -0.05) is 6.07 Å². The van der Waals surface area contributed by atoms with Crippen LogP contribution < -0.4 is 24.3 Å². The third-order valence-corrected chi connectivity index (χ3v) is 3.92. The van der Waals surface area contributed by atoms with Gasteiger partial charge in [-0.25, -0.2) is 15.0 Å². The SMILES string of the molecule is COc1cc2c(NCc3cccnc3OC)ncnc2c(OC)c1OC. The summed E-state index contributed by atoms with van der Waals surface area (Å²) in [5.74, 6) is 2.72. The van der Waals surface area contributed by atoms with Crippen LogP contribution in [0.5, 0.6) is 23.1 Å². The molecule has 0 bridgehead atoms. The Balaban J connectivity index is 2.04. The van der Waals surface area contributed by atoms with E-state index in [0.717, 1.165) is 10.9 Å². The summed E-state index contributed by atoms with van der Waals surface area (Å²) < 4.78 is 21.6. The van der Waals surface area contributed by atoms with Crippen molar-refractivity contribution in [3.8, 4) is 23.1 Å². The first kappa shape index (κ1) is 17.5. The van der Waals surface area contributed by atoms with E-state index in [1.807, 2.05) is 18.2 Å². The Morgan fingerprint density at radius 2 is 1.73 bits per heavy atom. The van der Waals surface area contributed by atoms with Crippen molar-refractivity contribution in [2.24, 2.45) is 0 Å². The topological polar surface area (TPSA) is 87.6 Å². The first-order valence-electron chi connectivity index (χ1n) is 7.88. The molecule has 8 heteroatoms. The van der Waals surface area contributed by atoms with E-state index in [0.29, 0.717) is 41.0 Å². The number of nitrogens with one attached hydrogen (secondary N) is 1. The standard InChI is InChI=1S/C18H20N4O4/c1-23-13-8-12-14(16(25-3)15(13)24-2)21-10-22-17(12)20-9-11-6-5-7-19-18(11)26-4/h5-8,10H,9H2,1-4H3,(H,20,21,22). The molecule has 0 saturated heterocycles. The molecule has 1 N–H and O–H groups in total. The van der Waals surface area contributed by atoms with Gasteiger partial charge in [0.05, 0.1) is 33.8 Å². The number of nitrogens with zero attached hydrogens (tertiary/aromatic N) is 3. The molecule has 0 spiro atoms. The average Bonchev–Trinajstić information content (AvgIpc) is 2.70. The van der Waals surface area contributed by atoms with Gasteiger partial charge in [0.2, 0.25) is 11.6 Å². The molecule has 1 aromatic carbocycles. The van der Waals surface area contributed by atoms with Crippen molar-refractivity contribution in [2.75, 3.05) is 33.8 Å². The van der Waals surface area contributed by atoms with Crippen LogP contribution in [-0.4, -0.2) is 43.4 Å². The Bertz CT molecular complexity index is 917. The molecule has 0 unspecified atom stereocenters. The van der Waals surface area contributed by atoms with Crippen LogP contribution in [0, 0.1) is 0 Å². The van der Waals surface area contributed by atoms with Gasteiger partial charge >= 0.3 is 0 Å². The predicted octanol–water partition coefficient (Wildman–Crippen LogP) is 2.67. The Kier molecular flexibility index (Phi) is 5.21. The van der Waals surface area contributed by atoms with Gasteiger partial charge in [-0.15, -0.1) is 0 Å². The second-order valence-electron chi connectivity index (χ2n) is 5.29. The van der Waals surface area contributed by atoms with Gasteiger partial charge in [-0.3, -0.25) is 0 Å². The minimum atomic E-state index is 0.486. The van der Waals surface area contributed by atoms with E-state index in [9.17, 15) is 0 Å². The van der Waals surface area contributed by atoms with Gasteiger partial charge in [-0.2, -0.15) is 0 Å². The molecule has 3 aromatic rings. The number of hydrogen-bond donors (Lipinski definition) is 1. The van der Waals surface area contributed by atoms with Gasteiger partial charge in [0.15, 0.2) is 11.5 Å². The van der Waals surface area contributed by atoms with E-state index in [1.54, 1.807) is 34.6 Å². The van der Waals surface area contributed by atoms with Gasteiger partial charge < -0.3 is 24.3 Å². The van der Waals surface area contributed by atoms with Crippen molar-refractivity contribution in [1.29, 1.82) is 0 Å². The van der Waals surface area contributed by atoms with E-state index >= 15 is 0 Å². The van der Waals surface area contributed by atoms with Crippen LogP contribution in [0.4, 0.5) is 5.82 Å². The van der Waals surface area contributed by atoms with Crippen LogP contribution in [-0.2, 0) is 6.54 Å². The van der Waals surface area contributed by atoms with Crippen molar-refractivity contribution >= 4 is 16.7 Å². The maximum Gasteiger partial charge on any atom is 0.218 e. The highest BCUT2D eigenvalue weighted by atomic mass is 16.5. The van der Waals surface area contributed by atoms with Crippen molar-refractivity contribution in [1.82, 2.24) is 15.0 Å². The summed E-state index contributed by atoms with van der Waals surface area (Å²) in [5.41, 5.74) is 1.54. The lowest BCUT2D eigenvalue weighted by Gasteiger charge is -2.16. The number of methoxy groups -OCH3 is 4. The second kappa shape index (κ2) is 7.73. The molecule has 136 valence electrons. The van der Waals surface area contributed by atoms with Gasteiger partial charge in [-0.05, 0) is 12.1 Å². The quantitative estimate of drug-likeness (QED) is 0.691. The molecule has 0 aliphatic rings. The minimum absolute atomic E-state index is 0.486. The molecule has 26 heavy (non-hydrogen) atoms. The lowest BCUT2D eigenvalue weighted by Crippen LogP contribution is -2.06. The molecule has 0 aliphatic carbocycles. The van der Waals surface area contributed by atoms with Crippen LogP contribution in [0.1, 0.15) is 5.56 Å². The molecule has 2 heterocycles. The maximum absolute atomic E-state index is 5.49. The summed E-state index contributed by atoms with van der Waals surface area (Å²) in [6.07, 6.45) is 3.16. The monoisotopic (exact) mass is 356 g/mol. The van der Waals surface area contributed by atoms with E-state index in [1.165, 1.54) is 6.33 Å². The minimum Gasteiger partial charge on any atom is -0.493 e. The molecule has 3 rings (SSSR count). The summed E-state index contributed by atoms with van der Waals surface area (Å²) in [4.78, 5) is 12.9. The molecular weight excluding hydrogens is 336 g/mol. The molecule has 0 atom stereocenters. The zero-order valence-corrected chi connectivity index (χ0v) is 15.1. The maximum atomic E-state index is 5.49. The van der Waals surface area contributed by atoms with Crippen LogP contribution in [0.3, 0.4) is 0 Å². The summed E-state index contributed by atoms with van der Waals surface area (Å²) in [6, 6.07) is 5.61. The highest BCUT2D eigenvalue weighted by molar-refractivity contribution is 5.96. The summed E-state index contributed by atoms with van der Waals surface area (Å²) in [6.45, 7) is 0.486. The number of benzene rings is 1. The third-order valence-electron chi connectivity index (χ3n) is 3.92. The van der Waals surface area contributed by atoms with Crippen LogP contribution >= 0.6 is 0 Å². The molecule has 8 nitrogen and oxygen atoms in total. The molecular formula is C18H20N4O4. The number of ether oxygens (including phenoxy) is 4. The zero-order valence-electron chi connectivity index (χ0n) is 15.1. The summed E-state index contributed by atoms with van der Waals surface area (Å²) in [7, 11) is 6.28. The fourth-order valence-electron chi connectivity index (χ4n) is 2.73. The Labute approximate surface area is 151 Å². The zero-order chi connectivity index (χ0) is 18.5. The average molecular weight is 356 g/mol. The van der Waals surface area contributed by atoms with E-state index in [-0.39, 0.29) is 0 Å². The summed E-state index contributed by atoms with van der Waals surface area (Å²) >= 11 is 0. The van der Waals surface area contributed by atoms with E-state index < -0.39 is 0 Å². The van der Waals surface area contributed by atoms with Crippen molar-refractivity contribution in [3.63, 3.8) is 0 Å². The Morgan fingerprint density at radius 3 is 2.42 bits per heavy atom. The molecule has 0 aliphatic heterocycles. The fourth-order valence-corrected chi connectivity index (χ4v) is 2.73. The second-order valence-corrected chi connectivity index (χ2v) is 5.29. The van der Waals surface area contributed by atoms with E-state index in [4.69, 9.17) is 18.9 Å². The molecule has 0 radical (unpaired) electrons. The molecule has 0 fully saturated rings. The van der Waals surface area contributed by atoms with Crippen molar-refractivity contribution in [2.45, 2.75) is 6.54 Å². The van der Waals surface area contributed by atoms with Crippen molar-refractivity contribution < 1.29 is 18.9 Å². The highest BCUT2D eigenvalue weighted by Crippen LogP contribution is 2.43. The first-order valence-corrected chi connectivity index (χ1v) is 7.88. The number of pyridine rings is 1. The summed E-state index contributed by atoms with van der Waals surface area (Å²) in [5, 5.41) is 4.05. The lowest BCUT2D eigenvalue weighted by atomic mass is 10.1. The smallest absolute Gasteiger partial charge is 0.218 e. The Hall–Kier alpha value is -3.29. The number of fused-ring (bicyclic) bond motifs is 1. The fraction of sp³-hybridized carbons (Fsp3) is 0.278. The largest absolute Gasteiger partial charge is 0.493 e. The Morgan fingerprint density at radius 1 is 0.923 bits per heavy atom. The molecule has 2 aromatic heterocycles. The number of hydrogen-bond acceptors (Lipinski definition) is 8. The van der Waals surface area contributed by atoms with Gasteiger partial charge in [0.1, 0.15) is 17.7 Å². The van der Waals surface area contributed by atoms with E-state index in [2.05, 4.69) is 20.3 Å². The first-order chi connectivity index (χ1) is 12.7. The highest BCUT2D eigenvalue weighted by Gasteiger charge is 2.19. The van der Waals surface area contributed by atoms with Gasteiger partial charge in [0.25, 0.3) is 0 Å². The van der Waals surface area contributed by atoms with Gasteiger partial charge in [0, 0.05) is 18.3 Å². The number of rotatable bonds is 7. The van der Waals surface area contributed by atoms with Crippen LogP contribution in [0.15, 0.2) is 30.7 Å². The predicted molar refractivity (Wildman–Crippen MR) is 97.3 cm³/mol. The van der Waals surface area contributed by atoms with Crippen LogP contribution in [0.25, 0.3) is 10.9 Å². The van der Waals surface area contributed by atoms with Crippen molar-refractivity contribution in [3.05, 3.63) is 36.3 Å². The lowest BCUT2D eigenvalue weighted by molar-refractivity contribution is 0.327.